The zero-order valence-corrected chi connectivity index (χ0v) is 7.86. The van der Waals surface area contributed by atoms with Gasteiger partial charge in [-0.2, -0.15) is 5.06 Å². The summed E-state index contributed by atoms with van der Waals surface area (Å²) in [5.41, 5.74) is 0. The van der Waals surface area contributed by atoms with Gasteiger partial charge in [-0.05, 0) is 12.8 Å². The molecule has 0 spiro atoms. The van der Waals surface area contributed by atoms with E-state index in [0.29, 0.717) is 13.0 Å². The fourth-order valence-electron chi connectivity index (χ4n) is 1.00. The van der Waals surface area contributed by atoms with E-state index in [1.54, 1.807) is 0 Å². The number of carbonyl (C=O) groups is 1. The molecule has 0 bridgehead atoms. The Bertz CT molecular complexity index is 138. The third kappa shape index (κ3) is 2.36. The molecule has 0 aromatic rings. The van der Waals surface area contributed by atoms with Crippen LogP contribution >= 0.6 is 0 Å². The van der Waals surface area contributed by atoms with Crippen molar-refractivity contribution in [3.05, 3.63) is 0 Å². The van der Waals surface area contributed by atoms with Crippen LogP contribution in [0, 0.1) is 0 Å². The van der Waals surface area contributed by atoms with Crippen LogP contribution in [0.25, 0.3) is 0 Å². The second-order valence-corrected chi connectivity index (χ2v) is 2.16. The summed E-state index contributed by atoms with van der Waals surface area (Å²) < 4.78 is 0. The Balaban J connectivity index is -0.000000270. The van der Waals surface area contributed by atoms with Crippen molar-refractivity contribution < 1.29 is 18.0 Å². The van der Waals surface area contributed by atoms with Crippen molar-refractivity contribution in [1.29, 1.82) is 0 Å². The summed E-state index contributed by atoms with van der Waals surface area (Å²) in [5.74, 6) is -0.935. The Morgan fingerprint density at radius 3 is 2.50 bits per heavy atom. The molecule has 1 fully saturated rings. The monoisotopic (exact) mass is 173 g/mol. The Kier molecular flexibility index (Phi) is 4.81. The number of nitrogens with zero attached hydrogens (tertiary/aromatic N) is 1. The van der Waals surface area contributed by atoms with Gasteiger partial charge in [0.1, 0.15) is 6.04 Å². The molecule has 0 amide bonds. The van der Waals surface area contributed by atoms with Crippen molar-refractivity contribution in [2.24, 2.45) is 0 Å². The maximum absolute atomic E-state index is 10.2. The third-order valence-corrected chi connectivity index (χ3v) is 1.51. The van der Waals surface area contributed by atoms with Crippen LogP contribution < -0.4 is 0 Å². The first-order chi connectivity index (χ1) is 4.22. The first kappa shape index (κ1) is 10.6. The summed E-state index contributed by atoms with van der Waals surface area (Å²) in [5, 5.41) is 18.1. The van der Waals surface area contributed by atoms with E-state index in [1.807, 2.05) is 0 Å². The summed E-state index contributed by atoms with van der Waals surface area (Å²) in [7, 11) is 0. The maximum atomic E-state index is 10.2. The number of hydroxylamine groups is 2. The van der Waals surface area contributed by atoms with Gasteiger partial charge in [-0.1, -0.05) is 0 Å². The van der Waals surface area contributed by atoms with E-state index in [2.05, 4.69) is 0 Å². The van der Waals surface area contributed by atoms with Crippen molar-refractivity contribution in [2.75, 3.05) is 6.54 Å². The fraction of sp³-hybridized carbons (Fsp3) is 0.800. The molecule has 0 aromatic heterocycles. The van der Waals surface area contributed by atoms with Gasteiger partial charge in [-0.25, -0.2) is 0 Å². The quantitative estimate of drug-likeness (QED) is 0.538. The molecule has 2 N–H and O–H groups in total. The van der Waals surface area contributed by atoms with Crippen molar-refractivity contribution in [3.63, 3.8) is 0 Å². The maximum Gasteiger partial charge on any atom is 2.00 e. The summed E-state index contributed by atoms with van der Waals surface area (Å²) in [6.45, 7) is 0.483. The molecule has 4 nitrogen and oxygen atoms in total. The molecule has 1 rings (SSSR count). The average Bonchev–Trinajstić information content (AvgIpc) is 2.13. The molecule has 1 atom stereocenters. The predicted molar refractivity (Wildman–Crippen MR) is 37.1 cm³/mol. The molecule has 56 valence electrons. The zero-order valence-electron chi connectivity index (χ0n) is 7.66. The minimum Gasteiger partial charge on any atom is -1.00 e. The number of hydrogen-bond donors (Lipinski definition) is 2. The van der Waals surface area contributed by atoms with Crippen molar-refractivity contribution in [1.82, 2.24) is 5.06 Å². The first-order valence-electron chi connectivity index (χ1n) is 2.90. The van der Waals surface area contributed by atoms with Crippen LogP contribution in [0.4, 0.5) is 0 Å². The summed E-state index contributed by atoms with van der Waals surface area (Å²) in [6, 6.07) is -0.662. The van der Waals surface area contributed by atoms with Gasteiger partial charge in [0.15, 0.2) is 0 Å². The van der Waals surface area contributed by atoms with Crippen molar-refractivity contribution in [3.8, 4) is 0 Å². The van der Waals surface area contributed by atoms with Gasteiger partial charge in [0.05, 0.1) is 0 Å². The van der Waals surface area contributed by atoms with Gasteiger partial charge in [0.25, 0.3) is 0 Å². The summed E-state index contributed by atoms with van der Waals surface area (Å²) in [6.07, 6.45) is 1.33. The SMILES string of the molecule is O=C(O)C1CCCN1O.[Ca+2].[H-].[H-]. The number of aliphatic carboxylic acids is 1. The van der Waals surface area contributed by atoms with Gasteiger partial charge in [0, 0.05) is 6.54 Å². The molecule has 0 radical (unpaired) electrons. The average molecular weight is 173 g/mol. The normalized spacial score (nSPS) is 25.9. The van der Waals surface area contributed by atoms with E-state index in [0.717, 1.165) is 11.5 Å². The number of carboxylic acid groups (broad SMARTS) is 1. The molecule has 1 saturated heterocycles. The molecule has 10 heavy (non-hydrogen) atoms. The van der Waals surface area contributed by atoms with Gasteiger partial charge in [-0.3, -0.25) is 4.79 Å². The minimum absolute atomic E-state index is 0. The Morgan fingerprint density at radius 2 is 2.30 bits per heavy atom. The molecule has 0 aliphatic carbocycles. The van der Waals surface area contributed by atoms with Gasteiger partial charge in [-0.15, -0.1) is 0 Å². The molecule has 1 heterocycles. The molecule has 1 unspecified atom stereocenters. The van der Waals surface area contributed by atoms with Crippen molar-refractivity contribution >= 4 is 43.7 Å². The standard InChI is InChI=1S/C5H9NO3.Ca.2H/c7-5(8)4-2-1-3-6(4)9;;;/h4,9H,1-3H2,(H,7,8);;;/q;+2;2*-1. The van der Waals surface area contributed by atoms with Crippen LogP contribution in [0.5, 0.6) is 0 Å². The molecule has 0 saturated carbocycles. The van der Waals surface area contributed by atoms with Gasteiger partial charge >= 0.3 is 43.7 Å². The minimum atomic E-state index is -0.935. The molecule has 1 aliphatic rings. The van der Waals surface area contributed by atoms with Crippen LogP contribution in [0.3, 0.4) is 0 Å². The predicted octanol–water partition coefficient (Wildman–Crippen LogP) is -0.231. The van der Waals surface area contributed by atoms with E-state index in [4.69, 9.17) is 10.3 Å². The van der Waals surface area contributed by atoms with E-state index in [1.165, 1.54) is 0 Å². The third-order valence-electron chi connectivity index (χ3n) is 1.51. The summed E-state index contributed by atoms with van der Waals surface area (Å²) >= 11 is 0. The molecule has 5 heteroatoms. The van der Waals surface area contributed by atoms with Crippen LogP contribution in [0.15, 0.2) is 0 Å². The van der Waals surface area contributed by atoms with E-state index < -0.39 is 12.0 Å². The Morgan fingerprint density at radius 1 is 1.70 bits per heavy atom. The second kappa shape index (κ2) is 4.51. The Hall–Kier alpha value is 0.650. The van der Waals surface area contributed by atoms with Crippen LogP contribution in [-0.2, 0) is 4.79 Å². The molecular formula is C5H11CaNO3. The number of rotatable bonds is 1. The van der Waals surface area contributed by atoms with E-state index in [-0.39, 0.29) is 40.6 Å². The second-order valence-electron chi connectivity index (χ2n) is 2.16. The van der Waals surface area contributed by atoms with Gasteiger partial charge in [0.2, 0.25) is 0 Å². The molecular weight excluding hydrogens is 162 g/mol. The molecule has 1 aliphatic heterocycles. The summed E-state index contributed by atoms with van der Waals surface area (Å²) in [4.78, 5) is 10.2. The fourth-order valence-corrected chi connectivity index (χ4v) is 1.00. The van der Waals surface area contributed by atoms with Crippen LogP contribution in [0.1, 0.15) is 15.7 Å². The first-order valence-corrected chi connectivity index (χ1v) is 2.90. The van der Waals surface area contributed by atoms with Crippen LogP contribution in [-0.4, -0.2) is 71.7 Å². The zero-order chi connectivity index (χ0) is 6.85. The smallest absolute Gasteiger partial charge is 1.00 e. The van der Waals surface area contributed by atoms with E-state index in [9.17, 15) is 4.79 Å². The van der Waals surface area contributed by atoms with Crippen molar-refractivity contribution in [2.45, 2.75) is 18.9 Å². The number of carboxylic acids is 1. The van der Waals surface area contributed by atoms with E-state index >= 15 is 0 Å². The topological polar surface area (TPSA) is 60.8 Å². The largest absolute Gasteiger partial charge is 2.00 e. The van der Waals surface area contributed by atoms with Gasteiger partial charge < -0.3 is 13.2 Å². The number of hydrogen-bond acceptors (Lipinski definition) is 3. The van der Waals surface area contributed by atoms with Crippen LogP contribution in [0.2, 0.25) is 0 Å². The Labute approximate surface area is 91.7 Å². The molecule has 0 aromatic carbocycles.